The highest BCUT2D eigenvalue weighted by atomic mass is 16.2. The molecule has 0 spiro atoms. The Morgan fingerprint density at radius 3 is 2.81 bits per heavy atom. The van der Waals surface area contributed by atoms with Crippen LogP contribution in [-0.4, -0.2) is 37.5 Å². The van der Waals surface area contributed by atoms with Crippen molar-refractivity contribution in [2.24, 2.45) is 11.3 Å². The summed E-state index contributed by atoms with van der Waals surface area (Å²) in [6.45, 7) is 6.45. The molecule has 1 saturated heterocycles. The van der Waals surface area contributed by atoms with E-state index in [1.54, 1.807) is 11.9 Å². The number of nitrogens with one attached hydrogen (secondary N) is 1. The lowest BCUT2D eigenvalue weighted by molar-refractivity contribution is -0.141. The molecule has 0 aromatic rings. The van der Waals surface area contributed by atoms with E-state index in [9.17, 15) is 4.79 Å². The highest BCUT2D eigenvalue weighted by Gasteiger charge is 2.38. The minimum Gasteiger partial charge on any atom is -0.334 e. The standard InChI is InChI=1S/C13H22N2O/c1-5-9-15(4)12(16)13(2,3)11-7-6-8-14-10-11/h1,11,14H,6-10H2,2-4H3. The number of terminal acetylenes is 1. The Labute approximate surface area is 98.6 Å². The van der Waals surface area contributed by atoms with Gasteiger partial charge in [-0.2, -0.15) is 0 Å². The van der Waals surface area contributed by atoms with Crippen molar-refractivity contribution < 1.29 is 4.79 Å². The number of rotatable bonds is 3. The maximum atomic E-state index is 12.3. The summed E-state index contributed by atoms with van der Waals surface area (Å²) in [5.74, 6) is 3.08. The minimum atomic E-state index is -0.320. The molecule has 1 aliphatic rings. The van der Waals surface area contributed by atoms with Crippen LogP contribution in [0.2, 0.25) is 0 Å². The second-order valence-corrected chi connectivity index (χ2v) is 5.13. The van der Waals surface area contributed by atoms with E-state index < -0.39 is 0 Å². The first-order valence-electron chi connectivity index (χ1n) is 5.90. The monoisotopic (exact) mass is 222 g/mol. The zero-order chi connectivity index (χ0) is 12.2. The van der Waals surface area contributed by atoms with Crippen molar-refractivity contribution >= 4 is 5.91 Å². The third-order valence-corrected chi connectivity index (χ3v) is 3.54. The molecule has 3 heteroatoms. The van der Waals surface area contributed by atoms with Gasteiger partial charge in [0.2, 0.25) is 5.91 Å². The van der Waals surface area contributed by atoms with Gasteiger partial charge in [0, 0.05) is 12.5 Å². The Morgan fingerprint density at radius 1 is 1.62 bits per heavy atom. The molecule has 3 nitrogen and oxygen atoms in total. The summed E-state index contributed by atoms with van der Waals surface area (Å²) in [6.07, 6.45) is 7.51. The smallest absolute Gasteiger partial charge is 0.229 e. The van der Waals surface area contributed by atoms with Crippen molar-refractivity contribution in [2.45, 2.75) is 26.7 Å². The van der Waals surface area contributed by atoms with Crippen molar-refractivity contribution in [3.05, 3.63) is 0 Å². The summed E-state index contributed by atoms with van der Waals surface area (Å²) in [7, 11) is 1.78. The molecule has 1 N–H and O–H groups in total. The molecule has 1 atom stereocenters. The van der Waals surface area contributed by atoms with Gasteiger partial charge in [-0.15, -0.1) is 6.42 Å². The first kappa shape index (κ1) is 13.1. The van der Waals surface area contributed by atoms with Crippen LogP contribution in [0.5, 0.6) is 0 Å². The zero-order valence-electron chi connectivity index (χ0n) is 10.5. The van der Waals surface area contributed by atoms with E-state index >= 15 is 0 Å². The molecular formula is C13H22N2O. The van der Waals surface area contributed by atoms with Crippen LogP contribution in [0.15, 0.2) is 0 Å². The van der Waals surface area contributed by atoms with Crippen molar-refractivity contribution in [3.8, 4) is 12.3 Å². The predicted molar refractivity (Wildman–Crippen MR) is 65.8 cm³/mol. The van der Waals surface area contributed by atoms with Crippen LogP contribution < -0.4 is 5.32 Å². The molecule has 1 amide bonds. The number of hydrogen-bond acceptors (Lipinski definition) is 2. The summed E-state index contributed by atoms with van der Waals surface area (Å²) < 4.78 is 0. The lowest BCUT2D eigenvalue weighted by atomic mass is 9.74. The topological polar surface area (TPSA) is 32.3 Å². The number of carbonyl (C=O) groups excluding carboxylic acids is 1. The van der Waals surface area contributed by atoms with E-state index in [1.165, 1.54) is 0 Å². The quantitative estimate of drug-likeness (QED) is 0.725. The Morgan fingerprint density at radius 2 is 2.31 bits per heavy atom. The van der Waals surface area contributed by atoms with E-state index in [0.717, 1.165) is 25.9 Å². The van der Waals surface area contributed by atoms with Crippen LogP contribution in [0.1, 0.15) is 26.7 Å². The summed E-state index contributed by atoms with van der Waals surface area (Å²) in [4.78, 5) is 13.9. The van der Waals surface area contributed by atoms with Gasteiger partial charge in [0.1, 0.15) is 0 Å². The summed E-state index contributed by atoms with van der Waals surface area (Å²) in [5.41, 5.74) is -0.320. The van der Waals surface area contributed by atoms with Crippen molar-refractivity contribution in [1.82, 2.24) is 10.2 Å². The first-order chi connectivity index (χ1) is 7.50. The second-order valence-electron chi connectivity index (χ2n) is 5.13. The van der Waals surface area contributed by atoms with E-state index in [4.69, 9.17) is 6.42 Å². The second kappa shape index (κ2) is 5.36. The average molecular weight is 222 g/mol. The van der Waals surface area contributed by atoms with E-state index in [2.05, 4.69) is 11.2 Å². The molecule has 1 unspecified atom stereocenters. The fourth-order valence-corrected chi connectivity index (χ4v) is 2.34. The first-order valence-corrected chi connectivity index (χ1v) is 5.90. The van der Waals surface area contributed by atoms with Gasteiger partial charge in [0.05, 0.1) is 6.54 Å². The Hall–Kier alpha value is -1.01. The largest absolute Gasteiger partial charge is 0.334 e. The summed E-state index contributed by atoms with van der Waals surface area (Å²) in [6, 6.07) is 0. The number of carbonyl (C=O) groups is 1. The van der Waals surface area contributed by atoms with Gasteiger partial charge in [0.15, 0.2) is 0 Å². The molecule has 0 aromatic carbocycles. The number of nitrogens with zero attached hydrogens (tertiary/aromatic N) is 1. The Kier molecular flexibility index (Phi) is 4.37. The van der Waals surface area contributed by atoms with Gasteiger partial charge in [-0.25, -0.2) is 0 Å². The van der Waals surface area contributed by atoms with Crippen molar-refractivity contribution in [1.29, 1.82) is 0 Å². The molecule has 90 valence electrons. The van der Waals surface area contributed by atoms with Crippen LogP contribution in [0, 0.1) is 23.7 Å². The predicted octanol–water partition coefficient (Wildman–Crippen LogP) is 1.10. The molecule has 0 aliphatic carbocycles. The summed E-state index contributed by atoms with van der Waals surface area (Å²) >= 11 is 0. The van der Waals surface area contributed by atoms with Gasteiger partial charge in [-0.3, -0.25) is 4.79 Å². The maximum absolute atomic E-state index is 12.3. The Balaban J connectivity index is 2.67. The number of piperidine rings is 1. The van der Waals surface area contributed by atoms with E-state index in [-0.39, 0.29) is 11.3 Å². The van der Waals surface area contributed by atoms with Crippen LogP contribution in [0.25, 0.3) is 0 Å². The number of amides is 1. The molecule has 1 rings (SSSR count). The molecule has 16 heavy (non-hydrogen) atoms. The summed E-state index contributed by atoms with van der Waals surface area (Å²) in [5, 5.41) is 3.36. The van der Waals surface area contributed by atoms with Crippen molar-refractivity contribution in [2.75, 3.05) is 26.7 Å². The van der Waals surface area contributed by atoms with Gasteiger partial charge >= 0.3 is 0 Å². The third-order valence-electron chi connectivity index (χ3n) is 3.54. The van der Waals surface area contributed by atoms with Gasteiger partial charge < -0.3 is 10.2 Å². The lowest BCUT2D eigenvalue weighted by Gasteiger charge is -2.38. The normalized spacial score (nSPS) is 21.2. The molecule has 1 heterocycles. The Bertz CT molecular complexity index is 285. The molecular weight excluding hydrogens is 200 g/mol. The fourth-order valence-electron chi connectivity index (χ4n) is 2.34. The van der Waals surface area contributed by atoms with Gasteiger partial charge in [-0.05, 0) is 31.8 Å². The van der Waals surface area contributed by atoms with Crippen LogP contribution in [0.4, 0.5) is 0 Å². The minimum absolute atomic E-state index is 0.152. The van der Waals surface area contributed by atoms with Crippen LogP contribution in [-0.2, 0) is 4.79 Å². The van der Waals surface area contributed by atoms with Gasteiger partial charge in [-0.1, -0.05) is 19.8 Å². The van der Waals surface area contributed by atoms with Gasteiger partial charge in [0.25, 0.3) is 0 Å². The van der Waals surface area contributed by atoms with E-state index in [1.807, 2.05) is 13.8 Å². The zero-order valence-corrected chi connectivity index (χ0v) is 10.5. The van der Waals surface area contributed by atoms with Crippen LogP contribution in [0.3, 0.4) is 0 Å². The molecule has 0 radical (unpaired) electrons. The highest BCUT2D eigenvalue weighted by molar-refractivity contribution is 5.82. The van der Waals surface area contributed by atoms with E-state index in [0.29, 0.717) is 12.5 Å². The molecule has 0 aromatic heterocycles. The molecule has 1 fully saturated rings. The van der Waals surface area contributed by atoms with Crippen molar-refractivity contribution in [3.63, 3.8) is 0 Å². The molecule has 0 bridgehead atoms. The average Bonchev–Trinajstić information content (AvgIpc) is 2.29. The third kappa shape index (κ3) is 2.76. The number of hydrogen-bond donors (Lipinski definition) is 1. The molecule has 1 aliphatic heterocycles. The lowest BCUT2D eigenvalue weighted by Crippen LogP contribution is -2.47. The SMILES string of the molecule is C#CCN(C)C(=O)C(C)(C)C1CCCNC1. The van der Waals surface area contributed by atoms with Crippen LogP contribution >= 0.6 is 0 Å². The molecule has 0 saturated carbocycles. The highest BCUT2D eigenvalue weighted by Crippen LogP contribution is 2.33. The fraction of sp³-hybridized carbons (Fsp3) is 0.769. The maximum Gasteiger partial charge on any atom is 0.229 e.